The van der Waals surface area contributed by atoms with Crippen molar-refractivity contribution >= 4 is 27.5 Å². The molecule has 0 aliphatic rings. The predicted molar refractivity (Wildman–Crippen MR) is 85.7 cm³/mol. The van der Waals surface area contributed by atoms with Crippen molar-refractivity contribution in [3.05, 3.63) is 23.2 Å². The molecule has 8 heteroatoms. The highest BCUT2D eigenvalue weighted by Gasteiger charge is 2.20. The van der Waals surface area contributed by atoms with Crippen LogP contribution < -0.4 is 14.8 Å². The Bertz CT molecular complexity index is 605. The van der Waals surface area contributed by atoms with E-state index in [2.05, 4.69) is 17.0 Å². The number of hydrogen-bond acceptors (Lipinski definition) is 4. The van der Waals surface area contributed by atoms with E-state index in [9.17, 15) is 13.2 Å². The van der Waals surface area contributed by atoms with E-state index in [0.717, 1.165) is 19.3 Å². The second kappa shape index (κ2) is 8.97. The Labute approximate surface area is 136 Å². The van der Waals surface area contributed by atoms with Crippen LogP contribution in [0.15, 0.2) is 23.1 Å². The molecule has 0 spiro atoms. The maximum absolute atomic E-state index is 12.2. The lowest BCUT2D eigenvalue weighted by molar-refractivity contribution is -0.119. The summed E-state index contributed by atoms with van der Waals surface area (Å²) in [6.45, 7) is 2.27. The molecule has 0 aromatic heterocycles. The molecule has 0 radical (unpaired) electrons. The number of nitrogens with one attached hydrogen (secondary N) is 2. The molecule has 0 fully saturated rings. The van der Waals surface area contributed by atoms with Gasteiger partial charge in [0.2, 0.25) is 15.9 Å². The fourth-order valence-electron chi connectivity index (χ4n) is 1.76. The number of methoxy groups -OCH3 is 1. The zero-order chi connectivity index (χ0) is 16.6. The van der Waals surface area contributed by atoms with Crippen molar-refractivity contribution in [2.45, 2.75) is 31.1 Å². The molecular weight excluding hydrogens is 328 g/mol. The Morgan fingerprint density at radius 3 is 2.68 bits per heavy atom. The number of halogens is 1. The quantitative estimate of drug-likeness (QED) is 0.668. The molecule has 0 atom stereocenters. The van der Waals surface area contributed by atoms with Crippen molar-refractivity contribution in [3.8, 4) is 5.75 Å². The monoisotopic (exact) mass is 348 g/mol. The van der Waals surface area contributed by atoms with Crippen LogP contribution in [0, 0.1) is 0 Å². The van der Waals surface area contributed by atoms with E-state index in [1.807, 2.05) is 0 Å². The van der Waals surface area contributed by atoms with E-state index in [1.165, 1.54) is 25.3 Å². The summed E-state index contributed by atoms with van der Waals surface area (Å²) in [7, 11) is -2.51. The summed E-state index contributed by atoms with van der Waals surface area (Å²) in [5.74, 6) is -0.207. The third-order valence-corrected chi connectivity index (χ3v) is 4.60. The lowest BCUT2D eigenvalue weighted by Crippen LogP contribution is -2.37. The van der Waals surface area contributed by atoms with Gasteiger partial charge in [0.25, 0.3) is 0 Å². The topological polar surface area (TPSA) is 84.5 Å². The molecule has 124 valence electrons. The molecule has 6 nitrogen and oxygen atoms in total. The van der Waals surface area contributed by atoms with Crippen LogP contribution >= 0.6 is 11.6 Å². The van der Waals surface area contributed by atoms with Crippen LogP contribution in [-0.2, 0) is 14.8 Å². The molecule has 0 heterocycles. The number of amides is 1. The summed E-state index contributed by atoms with van der Waals surface area (Å²) < 4.78 is 31.7. The normalized spacial score (nSPS) is 11.2. The number of benzene rings is 1. The van der Waals surface area contributed by atoms with Crippen molar-refractivity contribution < 1.29 is 17.9 Å². The highest BCUT2D eigenvalue weighted by atomic mass is 35.5. The number of carbonyl (C=O) groups excluding carboxylic acids is 1. The Hall–Kier alpha value is -1.31. The van der Waals surface area contributed by atoms with Gasteiger partial charge in [-0.15, -0.1) is 0 Å². The minimum Gasteiger partial charge on any atom is -0.495 e. The first-order valence-electron chi connectivity index (χ1n) is 7.00. The molecule has 0 aliphatic carbocycles. The fraction of sp³-hybridized carbons (Fsp3) is 0.500. The SMILES string of the molecule is CCCCCNC(=O)CNS(=O)(=O)c1cc(Cl)ccc1OC. The predicted octanol–water partition coefficient (Wildman–Crippen LogP) is 1.93. The largest absolute Gasteiger partial charge is 0.495 e. The van der Waals surface area contributed by atoms with Crippen LogP contribution in [0.3, 0.4) is 0 Å². The first-order chi connectivity index (χ1) is 10.4. The smallest absolute Gasteiger partial charge is 0.244 e. The maximum atomic E-state index is 12.2. The average molecular weight is 349 g/mol. The highest BCUT2D eigenvalue weighted by molar-refractivity contribution is 7.89. The summed E-state index contributed by atoms with van der Waals surface area (Å²) in [6.07, 6.45) is 2.94. The van der Waals surface area contributed by atoms with Crippen LogP contribution in [-0.4, -0.2) is 34.5 Å². The second-order valence-electron chi connectivity index (χ2n) is 4.68. The van der Waals surface area contributed by atoms with E-state index in [-0.39, 0.29) is 28.1 Å². The van der Waals surface area contributed by atoms with Gasteiger partial charge in [-0.2, -0.15) is 0 Å². The van der Waals surface area contributed by atoms with Gasteiger partial charge in [-0.25, -0.2) is 13.1 Å². The van der Waals surface area contributed by atoms with Crippen LogP contribution in [0.2, 0.25) is 5.02 Å². The lowest BCUT2D eigenvalue weighted by Gasteiger charge is -2.11. The summed E-state index contributed by atoms with van der Waals surface area (Å²) in [6, 6.07) is 4.27. The van der Waals surface area contributed by atoms with Crippen molar-refractivity contribution in [1.29, 1.82) is 0 Å². The van der Waals surface area contributed by atoms with E-state index in [4.69, 9.17) is 16.3 Å². The van der Waals surface area contributed by atoms with Gasteiger partial charge < -0.3 is 10.1 Å². The molecule has 1 aromatic rings. The summed E-state index contributed by atoms with van der Waals surface area (Å²) in [5, 5.41) is 2.93. The minimum atomic E-state index is -3.88. The number of sulfonamides is 1. The third-order valence-electron chi connectivity index (χ3n) is 2.94. The van der Waals surface area contributed by atoms with Crippen molar-refractivity contribution in [2.24, 2.45) is 0 Å². The molecule has 1 amide bonds. The third kappa shape index (κ3) is 5.82. The molecule has 0 saturated carbocycles. The average Bonchev–Trinajstić information content (AvgIpc) is 2.49. The van der Waals surface area contributed by atoms with Gasteiger partial charge in [0.1, 0.15) is 10.6 Å². The molecule has 0 aliphatic heterocycles. The molecule has 0 bridgehead atoms. The van der Waals surface area contributed by atoms with Gasteiger partial charge in [-0.3, -0.25) is 4.79 Å². The van der Waals surface area contributed by atoms with Gasteiger partial charge >= 0.3 is 0 Å². The second-order valence-corrected chi connectivity index (χ2v) is 6.85. The maximum Gasteiger partial charge on any atom is 0.244 e. The molecule has 1 aromatic carbocycles. The number of unbranched alkanes of at least 4 members (excludes halogenated alkanes) is 2. The van der Waals surface area contributed by atoms with Crippen LogP contribution in [0.1, 0.15) is 26.2 Å². The zero-order valence-corrected chi connectivity index (χ0v) is 14.3. The molecule has 0 unspecified atom stereocenters. The number of ether oxygens (including phenoxy) is 1. The van der Waals surface area contributed by atoms with Crippen LogP contribution in [0.5, 0.6) is 5.75 Å². The Morgan fingerprint density at radius 2 is 2.05 bits per heavy atom. The van der Waals surface area contributed by atoms with E-state index in [0.29, 0.717) is 6.54 Å². The Kier molecular flexibility index (Phi) is 7.64. The minimum absolute atomic E-state index is 0.0960. The molecule has 22 heavy (non-hydrogen) atoms. The van der Waals surface area contributed by atoms with Gasteiger partial charge in [-0.1, -0.05) is 31.4 Å². The highest BCUT2D eigenvalue weighted by Crippen LogP contribution is 2.26. The molecule has 0 saturated heterocycles. The van der Waals surface area contributed by atoms with Gasteiger partial charge in [0, 0.05) is 11.6 Å². The Balaban J connectivity index is 2.64. The van der Waals surface area contributed by atoms with Crippen LogP contribution in [0.25, 0.3) is 0 Å². The van der Waals surface area contributed by atoms with Gasteiger partial charge in [0.05, 0.1) is 13.7 Å². The lowest BCUT2D eigenvalue weighted by atomic mass is 10.2. The van der Waals surface area contributed by atoms with Gasteiger partial charge in [0.15, 0.2) is 0 Å². The molecular formula is C14H21ClN2O4S. The number of carbonyl (C=O) groups is 1. The van der Waals surface area contributed by atoms with E-state index < -0.39 is 10.0 Å². The standard InChI is InChI=1S/C14H21ClN2O4S/c1-3-4-5-8-16-14(18)10-17-22(19,20)13-9-11(15)6-7-12(13)21-2/h6-7,9,17H,3-5,8,10H2,1-2H3,(H,16,18). The first kappa shape index (κ1) is 18.7. The van der Waals surface area contributed by atoms with Crippen molar-refractivity contribution in [1.82, 2.24) is 10.0 Å². The Morgan fingerprint density at radius 1 is 1.32 bits per heavy atom. The molecule has 2 N–H and O–H groups in total. The summed E-state index contributed by atoms with van der Waals surface area (Å²) >= 11 is 5.81. The van der Waals surface area contributed by atoms with Crippen molar-refractivity contribution in [3.63, 3.8) is 0 Å². The van der Waals surface area contributed by atoms with Gasteiger partial charge in [-0.05, 0) is 24.6 Å². The zero-order valence-electron chi connectivity index (χ0n) is 12.7. The van der Waals surface area contributed by atoms with Crippen molar-refractivity contribution in [2.75, 3.05) is 20.2 Å². The van der Waals surface area contributed by atoms with Crippen LogP contribution in [0.4, 0.5) is 0 Å². The first-order valence-corrected chi connectivity index (χ1v) is 8.86. The fourth-order valence-corrected chi connectivity index (χ4v) is 3.18. The van der Waals surface area contributed by atoms with E-state index in [1.54, 1.807) is 0 Å². The number of rotatable bonds is 9. The summed E-state index contributed by atoms with van der Waals surface area (Å²) in [5.41, 5.74) is 0. The number of hydrogen-bond donors (Lipinski definition) is 2. The molecule has 1 rings (SSSR count). The van der Waals surface area contributed by atoms with E-state index >= 15 is 0 Å². The summed E-state index contributed by atoms with van der Waals surface area (Å²) in [4.78, 5) is 11.5.